The van der Waals surface area contributed by atoms with Crippen molar-refractivity contribution >= 4 is 16.8 Å². The van der Waals surface area contributed by atoms with Crippen molar-refractivity contribution in [2.75, 3.05) is 13.6 Å². The Morgan fingerprint density at radius 3 is 2.72 bits per heavy atom. The molecule has 2 atom stereocenters. The molecule has 1 fully saturated rings. The third kappa shape index (κ3) is 3.95. The monoisotopic (exact) mass is 442 g/mol. The van der Waals surface area contributed by atoms with Crippen molar-refractivity contribution in [3.63, 3.8) is 0 Å². The van der Waals surface area contributed by atoms with E-state index in [1.54, 1.807) is 18.2 Å². The van der Waals surface area contributed by atoms with E-state index in [4.69, 9.17) is 4.74 Å². The molecule has 4 rings (SSSR count). The van der Waals surface area contributed by atoms with Gasteiger partial charge in [0.05, 0.1) is 5.52 Å². The van der Waals surface area contributed by atoms with E-state index in [0.29, 0.717) is 36.0 Å². The lowest BCUT2D eigenvalue weighted by molar-refractivity contribution is -0.0437. The molecule has 0 saturated carbocycles. The number of amides is 1. The predicted octanol–water partition coefficient (Wildman–Crippen LogP) is 2.78. The van der Waals surface area contributed by atoms with Crippen LogP contribution in [0.3, 0.4) is 0 Å². The fraction of sp³-hybridized carbons (Fsp3) is 0.348. The van der Waals surface area contributed by atoms with Crippen molar-refractivity contribution in [1.82, 2.24) is 20.2 Å². The van der Waals surface area contributed by atoms with Crippen LogP contribution in [0.5, 0.6) is 5.75 Å². The van der Waals surface area contributed by atoms with E-state index >= 15 is 4.39 Å². The Labute approximate surface area is 183 Å². The van der Waals surface area contributed by atoms with Crippen molar-refractivity contribution in [2.24, 2.45) is 0 Å². The van der Waals surface area contributed by atoms with Crippen molar-refractivity contribution in [2.45, 2.75) is 39.0 Å². The molecule has 1 aliphatic heterocycles. The number of rotatable bonds is 6. The quantitative estimate of drug-likeness (QED) is 0.574. The summed E-state index contributed by atoms with van der Waals surface area (Å²) in [5.41, 5.74) is 0.975. The van der Waals surface area contributed by atoms with Gasteiger partial charge < -0.3 is 15.0 Å². The average Bonchev–Trinajstić information content (AvgIpc) is 2.79. The zero-order valence-corrected chi connectivity index (χ0v) is 18.0. The molecule has 0 bridgehead atoms. The largest absolute Gasteiger partial charge is 0.483 e. The first-order valence-electron chi connectivity index (χ1n) is 10.4. The Morgan fingerprint density at radius 2 is 2.06 bits per heavy atom. The molecule has 0 unspecified atom stereocenters. The second kappa shape index (κ2) is 8.66. The second-order valence-electron chi connectivity index (χ2n) is 7.87. The molecular formula is C23H24F2N4O3. The van der Waals surface area contributed by atoms with Crippen molar-refractivity contribution in [3.05, 3.63) is 69.3 Å². The van der Waals surface area contributed by atoms with Gasteiger partial charge in [0.1, 0.15) is 11.8 Å². The van der Waals surface area contributed by atoms with Crippen molar-refractivity contribution < 1.29 is 18.3 Å². The highest BCUT2D eigenvalue weighted by Gasteiger charge is 2.38. The van der Waals surface area contributed by atoms with Gasteiger partial charge in [0.25, 0.3) is 17.4 Å². The minimum absolute atomic E-state index is 0.0310. The van der Waals surface area contributed by atoms with Gasteiger partial charge >= 0.3 is 0 Å². The van der Waals surface area contributed by atoms with Crippen LogP contribution in [0.25, 0.3) is 10.9 Å². The highest BCUT2D eigenvalue weighted by Crippen LogP contribution is 2.28. The fourth-order valence-electron chi connectivity index (χ4n) is 3.85. The third-order valence-electron chi connectivity index (χ3n) is 5.95. The van der Waals surface area contributed by atoms with Gasteiger partial charge in [0.2, 0.25) is 0 Å². The SMILES string of the molecule is CCc1cc2ccc(CN3C[C@H](Oc4ccc(C(=O)NC)nc4F)[C@@H]3C)c(F)c2[nH]c1=O. The van der Waals surface area contributed by atoms with E-state index < -0.39 is 17.7 Å². The van der Waals surface area contributed by atoms with E-state index in [2.05, 4.69) is 15.3 Å². The number of carbonyl (C=O) groups is 1. The molecule has 3 heterocycles. The van der Waals surface area contributed by atoms with Gasteiger partial charge in [-0.2, -0.15) is 4.39 Å². The zero-order valence-electron chi connectivity index (χ0n) is 18.0. The van der Waals surface area contributed by atoms with Crippen LogP contribution in [-0.4, -0.2) is 46.5 Å². The molecule has 3 aromatic rings. The molecule has 2 aromatic heterocycles. The van der Waals surface area contributed by atoms with Crippen LogP contribution in [0.4, 0.5) is 8.78 Å². The molecule has 9 heteroatoms. The van der Waals surface area contributed by atoms with E-state index in [1.807, 2.05) is 18.7 Å². The lowest BCUT2D eigenvalue weighted by atomic mass is 9.99. The molecule has 32 heavy (non-hydrogen) atoms. The van der Waals surface area contributed by atoms with Crippen LogP contribution >= 0.6 is 0 Å². The van der Waals surface area contributed by atoms with Crippen LogP contribution in [0, 0.1) is 11.8 Å². The molecule has 0 aliphatic carbocycles. The summed E-state index contributed by atoms with van der Waals surface area (Å²) in [5.74, 6) is -1.81. The Kier molecular flexibility index (Phi) is 5.92. The predicted molar refractivity (Wildman–Crippen MR) is 116 cm³/mol. The summed E-state index contributed by atoms with van der Waals surface area (Å²) in [6.07, 6.45) is 0.277. The number of fused-ring (bicyclic) bond motifs is 1. The van der Waals surface area contributed by atoms with Crippen LogP contribution in [0.1, 0.15) is 35.5 Å². The highest BCUT2D eigenvalue weighted by atomic mass is 19.1. The van der Waals surface area contributed by atoms with Crippen LogP contribution in [-0.2, 0) is 13.0 Å². The number of H-pyrrole nitrogens is 1. The molecular weight excluding hydrogens is 418 g/mol. The zero-order chi connectivity index (χ0) is 23.0. The topological polar surface area (TPSA) is 87.3 Å². The number of hydrogen-bond donors (Lipinski definition) is 2. The van der Waals surface area contributed by atoms with E-state index in [0.717, 1.165) is 0 Å². The van der Waals surface area contributed by atoms with Gasteiger partial charge in [-0.25, -0.2) is 9.37 Å². The average molecular weight is 442 g/mol. The Bertz CT molecular complexity index is 1240. The molecule has 1 aromatic carbocycles. The number of aromatic nitrogens is 2. The number of ether oxygens (including phenoxy) is 1. The summed E-state index contributed by atoms with van der Waals surface area (Å²) in [6, 6.07) is 7.92. The number of aryl methyl sites for hydroxylation is 1. The maximum absolute atomic E-state index is 15.0. The second-order valence-corrected chi connectivity index (χ2v) is 7.87. The van der Waals surface area contributed by atoms with Gasteiger partial charge in [-0.05, 0) is 31.5 Å². The first kappa shape index (κ1) is 21.9. The molecule has 168 valence electrons. The molecule has 1 aliphatic rings. The minimum atomic E-state index is -0.854. The summed E-state index contributed by atoms with van der Waals surface area (Å²) in [5, 5.41) is 3.04. The molecule has 2 N–H and O–H groups in total. The lowest BCUT2D eigenvalue weighted by Gasteiger charge is -2.45. The first-order chi connectivity index (χ1) is 15.3. The Hall–Kier alpha value is -3.33. The van der Waals surface area contributed by atoms with Gasteiger partial charge in [-0.1, -0.05) is 19.1 Å². The van der Waals surface area contributed by atoms with E-state index in [-0.39, 0.29) is 34.7 Å². The molecule has 1 saturated heterocycles. The summed E-state index contributed by atoms with van der Waals surface area (Å²) in [4.78, 5) is 31.9. The number of likely N-dealkylation sites (tertiary alicyclic amines) is 1. The standard InChI is InChI=1S/C23H24F2N4O3/c1-4-13-9-14-5-6-15(19(24)20(14)28-22(13)30)10-29-11-18(12(29)2)32-17-8-7-16(23(31)26-3)27-21(17)25/h5-9,12,18H,4,10-11H2,1-3H3,(H,26,31)(H,28,30)/t12-,18-/m0/s1. The van der Waals surface area contributed by atoms with Crippen molar-refractivity contribution in [1.29, 1.82) is 0 Å². The number of pyridine rings is 2. The minimum Gasteiger partial charge on any atom is -0.483 e. The van der Waals surface area contributed by atoms with Crippen LogP contribution in [0.2, 0.25) is 0 Å². The summed E-state index contributed by atoms with van der Waals surface area (Å²) in [6.45, 7) is 4.59. The molecule has 7 nitrogen and oxygen atoms in total. The van der Waals surface area contributed by atoms with E-state index in [1.165, 1.54) is 19.2 Å². The van der Waals surface area contributed by atoms with Gasteiger partial charge in [-0.15, -0.1) is 0 Å². The number of halogens is 2. The number of nitrogens with one attached hydrogen (secondary N) is 2. The number of benzene rings is 1. The van der Waals surface area contributed by atoms with Gasteiger partial charge in [0, 0.05) is 42.7 Å². The molecule has 0 radical (unpaired) electrons. The van der Waals surface area contributed by atoms with Gasteiger partial charge in [0.15, 0.2) is 11.6 Å². The number of hydrogen-bond acceptors (Lipinski definition) is 5. The molecule has 0 spiro atoms. The maximum Gasteiger partial charge on any atom is 0.269 e. The number of carbonyl (C=O) groups excluding carboxylic acids is 1. The number of aromatic amines is 1. The summed E-state index contributed by atoms with van der Waals surface area (Å²) >= 11 is 0. The first-order valence-corrected chi connectivity index (χ1v) is 10.4. The van der Waals surface area contributed by atoms with Crippen molar-refractivity contribution in [3.8, 4) is 5.75 Å². The number of nitrogens with zero attached hydrogens (tertiary/aromatic N) is 2. The summed E-state index contributed by atoms with van der Waals surface area (Å²) < 4.78 is 35.0. The van der Waals surface area contributed by atoms with Gasteiger partial charge in [-0.3, -0.25) is 14.5 Å². The lowest BCUT2D eigenvalue weighted by Crippen LogP contribution is -2.60. The van der Waals surface area contributed by atoms with E-state index in [9.17, 15) is 14.0 Å². The third-order valence-corrected chi connectivity index (χ3v) is 5.95. The van der Waals surface area contributed by atoms with Crippen LogP contribution < -0.4 is 15.6 Å². The molecule has 1 amide bonds. The highest BCUT2D eigenvalue weighted by molar-refractivity contribution is 5.92. The fourth-order valence-corrected chi connectivity index (χ4v) is 3.85. The summed E-state index contributed by atoms with van der Waals surface area (Å²) in [7, 11) is 1.44. The smallest absolute Gasteiger partial charge is 0.269 e. The Morgan fingerprint density at radius 1 is 1.28 bits per heavy atom. The van der Waals surface area contributed by atoms with Crippen LogP contribution in [0.15, 0.2) is 35.1 Å². The Balaban J connectivity index is 1.45. The maximum atomic E-state index is 15.0. The normalized spacial score (nSPS) is 18.4.